The molecule has 1 unspecified atom stereocenters. The van der Waals surface area contributed by atoms with Crippen LogP contribution in [0.4, 0.5) is 5.13 Å². The van der Waals surface area contributed by atoms with Crippen molar-refractivity contribution in [2.45, 2.75) is 16.1 Å². The third-order valence-electron chi connectivity index (χ3n) is 5.37. The predicted molar refractivity (Wildman–Crippen MR) is 136 cm³/mol. The summed E-state index contributed by atoms with van der Waals surface area (Å²) < 4.78 is 0.657. The highest BCUT2D eigenvalue weighted by Gasteiger charge is 2.48. The van der Waals surface area contributed by atoms with Gasteiger partial charge in [0, 0.05) is 28.7 Å². The number of hydrogen-bond donors (Lipinski definition) is 1. The number of aromatic nitrogens is 3. The van der Waals surface area contributed by atoms with Gasteiger partial charge >= 0.3 is 5.91 Å². The normalized spacial score (nSPS) is 17.2. The van der Waals surface area contributed by atoms with Crippen molar-refractivity contribution in [2.24, 2.45) is 0 Å². The molecule has 2 aromatic carbocycles. The fourth-order valence-electron chi connectivity index (χ4n) is 3.76. The van der Waals surface area contributed by atoms with Crippen molar-refractivity contribution in [3.05, 3.63) is 106 Å². The zero-order chi connectivity index (χ0) is 24.4. The summed E-state index contributed by atoms with van der Waals surface area (Å²) in [5.74, 6) is -1.20. The van der Waals surface area contributed by atoms with Gasteiger partial charge in [-0.1, -0.05) is 77.2 Å². The Kier molecular flexibility index (Phi) is 6.63. The Morgan fingerprint density at radius 2 is 1.80 bits per heavy atom. The van der Waals surface area contributed by atoms with Crippen LogP contribution >= 0.6 is 34.7 Å². The Morgan fingerprint density at radius 1 is 1.03 bits per heavy atom. The first-order chi connectivity index (χ1) is 17.0. The molecule has 0 radical (unpaired) electrons. The Hall–Kier alpha value is -3.53. The summed E-state index contributed by atoms with van der Waals surface area (Å²) in [7, 11) is 0. The Morgan fingerprint density at radius 3 is 2.54 bits per heavy atom. The highest BCUT2D eigenvalue weighted by Crippen LogP contribution is 2.44. The molecule has 35 heavy (non-hydrogen) atoms. The van der Waals surface area contributed by atoms with Crippen molar-refractivity contribution in [1.82, 2.24) is 15.2 Å². The summed E-state index contributed by atoms with van der Waals surface area (Å²) in [4.78, 5) is 31.6. The van der Waals surface area contributed by atoms with E-state index in [4.69, 9.17) is 11.6 Å². The van der Waals surface area contributed by atoms with Gasteiger partial charge in [-0.3, -0.25) is 19.5 Å². The van der Waals surface area contributed by atoms with Crippen LogP contribution in [0.2, 0.25) is 5.02 Å². The first-order valence-electron chi connectivity index (χ1n) is 10.5. The van der Waals surface area contributed by atoms with Crippen LogP contribution in [0.5, 0.6) is 0 Å². The summed E-state index contributed by atoms with van der Waals surface area (Å²) in [6.45, 7) is 0. The summed E-state index contributed by atoms with van der Waals surface area (Å²) in [6.07, 6.45) is 3.00. The molecule has 0 spiro atoms. The van der Waals surface area contributed by atoms with Crippen molar-refractivity contribution in [3.8, 4) is 0 Å². The van der Waals surface area contributed by atoms with Crippen LogP contribution in [-0.4, -0.2) is 32.0 Å². The lowest BCUT2D eigenvalue weighted by atomic mass is 9.96. The summed E-state index contributed by atoms with van der Waals surface area (Å²) >= 11 is 8.94. The number of benzene rings is 2. The van der Waals surface area contributed by atoms with Crippen LogP contribution in [0.1, 0.15) is 22.7 Å². The average molecular weight is 521 g/mol. The molecule has 1 saturated heterocycles. The number of pyridine rings is 1. The van der Waals surface area contributed by atoms with Gasteiger partial charge in [0.15, 0.2) is 4.34 Å². The van der Waals surface area contributed by atoms with E-state index in [0.29, 0.717) is 26.2 Å². The number of halogens is 1. The number of Topliss-reactive ketones (excluding diaryl/α,β-unsaturated/α-hetero) is 1. The highest BCUT2D eigenvalue weighted by molar-refractivity contribution is 8.00. The van der Waals surface area contributed by atoms with Gasteiger partial charge in [-0.15, -0.1) is 10.2 Å². The number of aliphatic hydroxyl groups excluding tert-OH is 1. The minimum Gasteiger partial charge on any atom is -0.507 e. The quantitative estimate of drug-likeness (QED) is 0.118. The van der Waals surface area contributed by atoms with E-state index in [2.05, 4.69) is 15.2 Å². The fraction of sp³-hybridized carbons (Fsp3) is 0.0800. The molecule has 2 aromatic heterocycles. The predicted octanol–water partition coefficient (Wildman–Crippen LogP) is 5.51. The zero-order valence-corrected chi connectivity index (χ0v) is 20.4. The molecule has 5 rings (SSSR count). The van der Waals surface area contributed by atoms with Crippen molar-refractivity contribution in [3.63, 3.8) is 0 Å². The first-order valence-corrected chi connectivity index (χ1v) is 12.7. The first kappa shape index (κ1) is 23.2. The van der Waals surface area contributed by atoms with E-state index in [0.717, 1.165) is 5.56 Å². The second-order valence-electron chi connectivity index (χ2n) is 7.58. The van der Waals surface area contributed by atoms with Gasteiger partial charge < -0.3 is 5.11 Å². The Bertz CT molecular complexity index is 1430. The second-order valence-corrected chi connectivity index (χ2v) is 10.2. The molecule has 0 bridgehead atoms. The topological polar surface area (TPSA) is 96.3 Å². The molecular formula is C25H17ClN4O3S2. The minimum atomic E-state index is -0.915. The number of aliphatic hydroxyl groups is 1. The second kappa shape index (κ2) is 9.99. The third-order valence-corrected chi connectivity index (χ3v) is 7.73. The number of thioether (sulfide) groups is 1. The van der Waals surface area contributed by atoms with E-state index in [1.807, 2.05) is 30.3 Å². The van der Waals surface area contributed by atoms with Gasteiger partial charge in [-0.2, -0.15) is 0 Å². The Balaban J connectivity index is 1.55. The van der Waals surface area contributed by atoms with Crippen molar-refractivity contribution >= 4 is 57.3 Å². The average Bonchev–Trinajstić information content (AvgIpc) is 3.46. The van der Waals surface area contributed by atoms with Crippen LogP contribution in [0.15, 0.2) is 89.0 Å². The molecule has 7 nitrogen and oxygen atoms in total. The van der Waals surface area contributed by atoms with Crippen LogP contribution in [0.3, 0.4) is 0 Å². The molecule has 1 atom stereocenters. The van der Waals surface area contributed by atoms with Crippen molar-refractivity contribution in [1.29, 1.82) is 0 Å². The summed E-state index contributed by atoms with van der Waals surface area (Å²) in [6, 6.07) is 19.0. The fourth-order valence-corrected chi connectivity index (χ4v) is 5.79. The van der Waals surface area contributed by atoms with Crippen LogP contribution in [0.25, 0.3) is 5.76 Å². The molecule has 4 aromatic rings. The van der Waals surface area contributed by atoms with Gasteiger partial charge in [0.1, 0.15) is 5.76 Å². The standard InChI is InChI=1S/C25H17ClN4O3S2/c26-18-8-4-7-17(13-18)20-19(21(31)16-9-11-27-12-10-16)22(32)23(33)30(20)24-28-29-25(35-24)34-14-15-5-2-1-3-6-15/h1-13,20,31H,14H2. The molecule has 10 heteroatoms. The molecule has 1 aliphatic heterocycles. The summed E-state index contributed by atoms with van der Waals surface area (Å²) in [5, 5.41) is 20.2. The Labute approximate surface area is 214 Å². The van der Waals surface area contributed by atoms with Gasteiger partial charge in [0.25, 0.3) is 5.78 Å². The number of amides is 1. The molecule has 174 valence electrons. The molecule has 1 amide bonds. The van der Waals surface area contributed by atoms with Gasteiger partial charge in [-0.25, -0.2) is 0 Å². The van der Waals surface area contributed by atoms with E-state index < -0.39 is 17.7 Å². The van der Waals surface area contributed by atoms with E-state index >= 15 is 0 Å². The number of hydrogen-bond acceptors (Lipinski definition) is 8. The number of rotatable bonds is 6. The molecule has 3 heterocycles. The lowest BCUT2D eigenvalue weighted by molar-refractivity contribution is -0.132. The molecule has 0 saturated carbocycles. The van der Waals surface area contributed by atoms with Gasteiger partial charge in [0.2, 0.25) is 5.13 Å². The van der Waals surface area contributed by atoms with Gasteiger partial charge in [0.05, 0.1) is 11.6 Å². The van der Waals surface area contributed by atoms with E-state index in [1.54, 1.807) is 36.4 Å². The lowest BCUT2D eigenvalue weighted by Gasteiger charge is -2.22. The van der Waals surface area contributed by atoms with Crippen LogP contribution in [0, 0.1) is 0 Å². The maximum atomic E-state index is 13.2. The number of nitrogens with zero attached hydrogens (tertiary/aromatic N) is 4. The molecule has 1 fully saturated rings. The maximum Gasteiger partial charge on any atom is 0.301 e. The zero-order valence-electron chi connectivity index (χ0n) is 18.0. The number of carbonyl (C=O) groups excluding carboxylic acids is 2. The minimum absolute atomic E-state index is 0.0443. The molecule has 1 aliphatic rings. The summed E-state index contributed by atoms with van der Waals surface area (Å²) in [5.41, 5.74) is 2.03. The van der Waals surface area contributed by atoms with Crippen LogP contribution < -0.4 is 4.90 Å². The van der Waals surface area contributed by atoms with Crippen molar-refractivity contribution < 1.29 is 14.7 Å². The SMILES string of the molecule is O=C1C(=O)N(c2nnc(SCc3ccccc3)s2)C(c2cccc(Cl)c2)C1=C(O)c1ccncc1. The van der Waals surface area contributed by atoms with E-state index in [-0.39, 0.29) is 16.5 Å². The van der Waals surface area contributed by atoms with Crippen LogP contribution in [-0.2, 0) is 15.3 Å². The van der Waals surface area contributed by atoms with E-state index in [1.165, 1.54) is 40.4 Å². The largest absolute Gasteiger partial charge is 0.507 e. The highest BCUT2D eigenvalue weighted by atomic mass is 35.5. The van der Waals surface area contributed by atoms with Crippen molar-refractivity contribution in [2.75, 3.05) is 4.90 Å². The van der Waals surface area contributed by atoms with Gasteiger partial charge in [-0.05, 0) is 35.4 Å². The third kappa shape index (κ3) is 4.70. The number of anilines is 1. The molecule has 0 aliphatic carbocycles. The molecule has 1 N–H and O–H groups in total. The number of ketones is 1. The smallest absolute Gasteiger partial charge is 0.301 e. The maximum absolute atomic E-state index is 13.2. The molecular weight excluding hydrogens is 504 g/mol. The monoisotopic (exact) mass is 520 g/mol. The number of carbonyl (C=O) groups is 2. The lowest BCUT2D eigenvalue weighted by Crippen LogP contribution is -2.29. The van der Waals surface area contributed by atoms with E-state index in [9.17, 15) is 14.7 Å².